The lowest BCUT2D eigenvalue weighted by Gasteiger charge is -2.19. The van der Waals surface area contributed by atoms with Crippen molar-refractivity contribution in [2.45, 2.75) is 6.42 Å². The molecule has 4 rings (SSSR count). The molecule has 0 unspecified atom stereocenters. The molecular weight excluding hydrogens is 372 g/mol. The molecule has 27 heavy (non-hydrogen) atoms. The fourth-order valence-corrected chi connectivity index (χ4v) is 4.40. The predicted molar refractivity (Wildman–Crippen MR) is 97.7 cm³/mol. The molecule has 140 valence electrons. The lowest BCUT2D eigenvalue weighted by molar-refractivity contribution is -0.116. The van der Waals surface area contributed by atoms with E-state index in [2.05, 4.69) is 5.32 Å². The van der Waals surface area contributed by atoms with E-state index < -0.39 is 15.9 Å². The smallest absolute Gasteiger partial charge is 0.255 e. The number of hydrogen-bond acceptors (Lipinski definition) is 6. The normalized spacial score (nSPS) is 17.6. The van der Waals surface area contributed by atoms with Crippen LogP contribution in [-0.4, -0.2) is 39.2 Å². The average molecular weight is 388 g/mol. The molecule has 0 aliphatic carbocycles. The fraction of sp³-hybridized carbons (Fsp3) is 0.222. The largest absolute Gasteiger partial charge is 0.486 e. The van der Waals surface area contributed by atoms with Gasteiger partial charge in [0.15, 0.2) is 11.5 Å². The van der Waals surface area contributed by atoms with Gasteiger partial charge in [-0.2, -0.15) is 0 Å². The first kappa shape index (κ1) is 17.3. The summed E-state index contributed by atoms with van der Waals surface area (Å²) in [6.45, 7) is 0.935. The van der Waals surface area contributed by atoms with Gasteiger partial charge in [-0.05, 0) is 36.4 Å². The summed E-state index contributed by atoms with van der Waals surface area (Å²) in [7, 11) is -3.62. The number of nitrogens with zero attached hydrogens (tertiary/aromatic N) is 1. The van der Waals surface area contributed by atoms with Gasteiger partial charge in [-0.25, -0.2) is 12.7 Å². The summed E-state index contributed by atoms with van der Waals surface area (Å²) in [5, 5.41) is 2.75. The predicted octanol–water partition coefficient (Wildman–Crippen LogP) is 1.78. The molecule has 2 aromatic rings. The Morgan fingerprint density at radius 1 is 1.00 bits per heavy atom. The van der Waals surface area contributed by atoms with Crippen LogP contribution in [0.1, 0.15) is 16.8 Å². The zero-order valence-corrected chi connectivity index (χ0v) is 15.0. The maximum atomic E-state index is 12.4. The Bertz CT molecular complexity index is 1020. The van der Waals surface area contributed by atoms with Gasteiger partial charge in [-0.15, -0.1) is 0 Å². The van der Waals surface area contributed by atoms with E-state index >= 15 is 0 Å². The molecule has 2 amide bonds. The highest BCUT2D eigenvalue weighted by Gasteiger charge is 2.36. The van der Waals surface area contributed by atoms with Gasteiger partial charge in [0, 0.05) is 23.7 Å². The van der Waals surface area contributed by atoms with Gasteiger partial charge in [0.25, 0.3) is 5.91 Å². The summed E-state index contributed by atoms with van der Waals surface area (Å²) in [5.74, 6) is 0.155. The molecule has 2 heterocycles. The van der Waals surface area contributed by atoms with Crippen LogP contribution in [0.5, 0.6) is 11.5 Å². The molecule has 8 nitrogen and oxygen atoms in total. The number of nitrogens with one attached hydrogen (secondary N) is 1. The highest BCUT2D eigenvalue weighted by molar-refractivity contribution is 7.94. The number of carbonyl (C=O) groups is 2. The van der Waals surface area contributed by atoms with Crippen LogP contribution in [0, 0.1) is 0 Å². The lowest BCUT2D eigenvalue weighted by atomic mass is 10.2. The Labute approximate surface area is 155 Å². The molecule has 1 N–H and O–H groups in total. The summed E-state index contributed by atoms with van der Waals surface area (Å²) in [6.07, 6.45) is -0.0331. The van der Waals surface area contributed by atoms with Crippen LogP contribution in [0.25, 0.3) is 0 Å². The summed E-state index contributed by atoms with van der Waals surface area (Å²) < 4.78 is 35.6. The molecule has 0 saturated carbocycles. The number of anilines is 2. The second kappa shape index (κ2) is 6.58. The Morgan fingerprint density at radius 2 is 1.70 bits per heavy atom. The van der Waals surface area contributed by atoms with E-state index in [1.807, 2.05) is 0 Å². The number of benzene rings is 2. The van der Waals surface area contributed by atoms with Gasteiger partial charge in [-0.1, -0.05) is 0 Å². The number of fused-ring (bicyclic) bond motifs is 1. The molecule has 0 bridgehead atoms. The van der Waals surface area contributed by atoms with E-state index in [1.165, 1.54) is 24.3 Å². The van der Waals surface area contributed by atoms with Gasteiger partial charge in [0.1, 0.15) is 13.2 Å². The summed E-state index contributed by atoms with van der Waals surface area (Å²) in [6, 6.07) is 10.9. The van der Waals surface area contributed by atoms with Crippen molar-refractivity contribution in [1.29, 1.82) is 0 Å². The van der Waals surface area contributed by atoms with E-state index in [0.29, 0.717) is 36.0 Å². The monoisotopic (exact) mass is 388 g/mol. The zero-order chi connectivity index (χ0) is 19.0. The zero-order valence-electron chi connectivity index (χ0n) is 14.2. The van der Waals surface area contributed by atoms with Crippen molar-refractivity contribution in [2.24, 2.45) is 0 Å². The third-order valence-electron chi connectivity index (χ3n) is 4.24. The number of rotatable bonds is 3. The second-order valence-corrected chi connectivity index (χ2v) is 8.02. The first-order valence-electron chi connectivity index (χ1n) is 8.31. The Hall–Kier alpha value is -3.07. The maximum Gasteiger partial charge on any atom is 0.255 e. The molecule has 1 saturated heterocycles. The van der Waals surface area contributed by atoms with Crippen LogP contribution >= 0.6 is 0 Å². The molecule has 2 aliphatic heterocycles. The van der Waals surface area contributed by atoms with Gasteiger partial charge in [-0.3, -0.25) is 9.59 Å². The quantitative estimate of drug-likeness (QED) is 0.860. The fourth-order valence-electron chi connectivity index (χ4n) is 2.94. The van der Waals surface area contributed by atoms with Gasteiger partial charge >= 0.3 is 0 Å². The Morgan fingerprint density at radius 3 is 2.37 bits per heavy atom. The van der Waals surface area contributed by atoms with Crippen LogP contribution in [0.4, 0.5) is 11.4 Å². The third-order valence-corrected chi connectivity index (χ3v) is 5.93. The van der Waals surface area contributed by atoms with Gasteiger partial charge in [0.05, 0.1) is 11.4 Å². The van der Waals surface area contributed by atoms with E-state index in [9.17, 15) is 18.0 Å². The van der Waals surface area contributed by atoms with Crippen molar-refractivity contribution in [2.75, 3.05) is 28.6 Å². The van der Waals surface area contributed by atoms with E-state index in [0.717, 1.165) is 4.31 Å². The molecule has 0 atom stereocenters. The van der Waals surface area contributed by atoms with Crippen LogP contribution in [0.15, 0.2) is 42.5 Å². The van der Waals surface area contributed by atoms with E-state index in [-0.39, 0.29) is 23.8 Å². The maximum absolute atomic E-state index is 12.4. The first-order chi connectivity index (χ1) is 12.9. The lowest BCUT2D eigenvalue weighted by Crippen LogP contribution is -2.29. The topological polar surface area (TPSA) is 102 Å². The van der Waals surface area contributed by atoms with Crippen molar-refractivity contribution >= 4 is 33.2 Å². The highest BCUT2D eigenvalue weighted by Crippen LogP contribution is 2.33. The number of carbonyl (C=O) groups excluding carboxylic acids is 2. The molecule has 1 fully saturated rings. The van der Waals surface area contributed by atoms with Crippen LogP contribution in [-0.2, 0) is 14.8 Å². The molecule has 0 spiro atoms. The molecule has 2 aromatic carbocycles. The van der Waals surface area contributed by atoms with Gasteiger partial charge < -0.3 is 14.8 Å². The second-order valence-electron chi connectivity index (χ2n) is 6.08. The van der Waals surface area contributed by atoms with Crippen molar-refractivity contribution in [3.8, 4) is 11.5 Å². The summed E-state index contributed by atoms with van der Waals surface area (Å²) >= 11 is 0. The SMILES string of the molecule is O=C(Nc1ccc2c(c1)OCCO2)c1ccc(N2C(=O)CCS2(=O)=O)cc1. The van der Waals surface area contributed by atoms with Crippen LogP contribution in [0.3, 0.4) is 0 Å². The van der Waals surface area contributed by atoms with E-state index in [1.54, 1.807) is 18.2 Å². The highest BCUT2D eigenvalue weighted by atomic mass is 32.2. The van der Waals surface area contributed by atoms with Crippen molar-refractivity contribution < 1.29 is 27.5 Å². The molecule has 2 aliphatic rings. The van der Waals surface area contributed by atoms with Crippen molar-refractivity contribution in [1.82, 2.24) is 0 Å². The minimum absolute atomic E-state index is 0.0331. The number of amides is 2. The number of hydrogen-bond donors (Lipinski definition) is 1. The molecule has 0 aromatic heterocycles. The standard InChI is InChI=1S/C18H16N2O6S/c21-17-7-10-27(23,24)20(17)14-4-1-12(2-5-14)18(22)19-13-3-6-15-16(11-13)26-9-8-25-15/h1-6,11H,7-10H2,(H,19,22). The van der Waals surface area contributed by atoms with E-state index in [4.69, 9.17) is 9.47 Å². The number of ether oxygens (including phenoxy) is 2. The van der Waals surface area contributed by atoms with Crippen LogP contribution in [0.2, 0.25) is 0 Å². The molecular formula is C18H16N2O6S. The molecule has 0 radical (unpaired) electrons. The van der Waals surface area contributed by atoms with Gasteiger partial charge in [0.2, 0.25) is 15.9 Å². The number of sulfonamides is 1. The average Bonchev–Trinajstić information content (AvgIpc) is 2.94. The molecule has 9 heteroatoms. The summed E-state index contributed by atoms with van der Waals surface area (Å²) in [5.41, 5.74) is 1.11. The Balaban J connectivity index is 1.51. The minimum Gasteiger partial charge on any atom is -0.486 e. The van der Waals surface area contributed by atoms with Crippen molar-refractivity contribution in [3.63, 3.8) is 0 Å². The third kappa shape index (κ3) is 3.33. The van der Waals surface area contributed by atoms with Crippen LogP contribution < -0.4 is 19.1 Å². The first-order valence-corrected chi connectivity index (χ1v) is 9.92. The minimum atomic E-state index is -3.62. The van der Waals surface area contributed by atoms with Crippen molar-refractivity contribution in [3.05, 3.63) is 48.0 Å². The Kier molecular flexibility index (Phi) is 4.23. The summed E-state index contributed by atoms with van der Waals surface area (Å²) in [4.78, 5) is 24.2.